The second-order valence-electron chi connectivity index (χ2n) is 6.29. The fourth-order valence-electron chi connectivity index (χ4n) is 3.21. The fraction of sp³-hybridized carbons (Fsp3) is 0.611. The van der Waals surface area contributed by atoms with Gasteiger partial charge in [0.05, 0.1) is 13.2 Å². The highest BCUT2D eigenvalue weighted by molar-refractivity contribution is 5.90. The number of carbonyl (C=O) groups is 1. The first kappa shape index (κ1) is 16.3. The van der Waals surface area contributed by atoms with Crippen molar-refractivity contribution in [2.45, 2.75) is 44.8 Å². The van der Waals surface area contributed by atoms with Crippen LogP contribution in [-0.2, 0) is 14.3 Å². The molecule has 1 N–H and O–H groups in total. The van der Waals surface area contributed by atoms with Crippen molar-refractivity contribution in [2.75, 3.05) is 36.5 Å². The lowest BCUT2D eigenvalue weighted by molar-refractivity contribution is -0.169. The molecule has 2 aliphatic heterocycles. The monoisotopic (exact) mass is 318 g/mol. The summed E-state index contributed by atoms with van der Waals surface area (Å²) in [6.07, 6.45) is 4.37. The second-order valence-corrected chi connectivity index (χ2v) is 6.29. The van der Waals surface area contributed by atoms with Crippen molar-refractivity contribution in [2.24, 2.45) is 0 Å². The van der Waals surface area contributed by atoms with Gasteiger partial charge in [0.25, 0.3) is 0 Å². The van der Waals surface area contributed by atoms with Crippen LogP contribution in [0.1, 0.15) is 39.0 Å². The van der Waals surface area contributed by atoms with Gasteiger partial charge in [-0.15, -0.1) is 0 Å². The van der Waals surface area contributed by atoms with Crippen LogP contribution in [-0.4, -0.2) is 38.0 Å². The van der Waals surface area contributed by atoms with Gasteiger partial charge in [0.2, 0.25) is 5.91 Å². The van der Waals surface area contributed by atoms with Crippen LogP contribution >= 0.6 is 0 Å². The Morgan fingerprint density at radius 2 is 1.83 bits per heavy atom. The minimum absolute atomic E-state index is 0.0926. The molecule has 0 aliphatic carbocycles. The quantitative estimate of drug-likeness (QED) is 0.906. The van der Waals surface area contributed by atoms with Crippen molar-refractivity contribution in [3.05, 3.63) is 24.3 Å². The number of hydrogen-bond donors (Lipinski definition) is 1. The summed E-state index contributed by atoms with van der Waals surface area (Å²) in [4.78, 5) is 14.1. The normalized spacial score (nSPS) is 20.0. The van der Waals surface area contributed by atoms with Gasteiger partial charge in [-0.2, -0.15) is 0 Å². The predicted molar refractivity (Wildman–Crippen MR) is 90.7 cm³/mol. The zero-order chi connectivity index (χ0) is 16.1. The van der Waals surface area contributed by atoms with E-state index in [0.717, 1.165) is 44.5 Å². The Labute approximate surface area is 137 Å². The average molecular weight is 318 g/mol. The Kier molecular flexibility index (Phi) is 5.18. The molecule has 2 saturated heterocycles. The third-order valence-electron chi connectivity index (χ3n) is 4.61. The van der Waals surface area contributed by atoms with E-state index >= 15 is 0 Å². The van der Waals surface area contributed by atoms with E-state index in [1.807, 2.05) is 12.1 Å². The van der Waals surface area contributed by atoms with Gasteiger partial charge in [0.1, 0.15) is 0 Å². The summed E-state index contributed by atoms with van der Waals surface area (Å²) in [6, 6.07) is 8.10. The standard InChI is InChI=1S/C18H26N2O3/c1-2-3-4-17(21)19-15-5-7-16(8-6-15)20-11-9-18(10-12-20)22-13-14-23-18/h5-8H,2-4,9-14H2,1H3,(H,19,21). The van der Waals surface area contributed by atoms with Gasteiger partial charge < -0.3 is 19.7 Å². The van der Waals surface area contributed by atoms with Crippen molar-refractivity contribution < 1.29 is 14.3 Å². The van der Waals surface area contributed by atoms with Crippen molar-refractivity contribution in [3.63, 3.8) is 0 Å². The summed E-state index contributed by atoms with van der Waals surface area (Å²) in [6.45, 7) is 5.38. The van der Waals surface area contributed by atoms with E-state index in [-0.39, 0.29) is 11.7 Å². The van der Waals surface area contributed by atoms with Gasteiger partial charge in [-0.3, -0.25) is 4.79 Å². The highest BCUT2D eigenvalue weighted by atomic mass is 16.7. The highest BCUT2D eigenvalue weighted by Gasteiger charge is 2.39. The molecule has 5 nitrogen and oxygen atoms in total. The number of nitrogens with one attached hydrogen (secondary N) is 1. The minimum Gasteiger partial charge on any atom is -0.371 e. The lowest BCUT2D eigenvalue weighted by atomic mass is 10.0. The van der Waals surface area contributed by atoms with Crippen LogP contribution < -0.4 is 10.2 Å². The number of unbranched alkanes of at least 4 members (excludes halogenated alkanes) is 1. The predicted octanol–water partition coefficient (Wildman–Crippen LogP) is 3.16. The topological polar surface area (TPSA) is 50.8 Å². The Bertz CT molecular complexity index is 514. The van der Waals surface area contributed by atoms with Crippen LogP contribution in [0.25, 0.3) is 0 Å². The van der Waals surface area contributed by atoms with E-state index in [0.29, 0.717) is 19.6 Å². The second kappa shape index (κ2) is 7.32. The molecule has 1 aromatic rings. The van der Waals surface area contributed by atoms with Crippen LogP contribution in [0.2, 0.25) is 0 Å². The van der Waals surface area contributed by atoms with Gasteiger partial charge in [-0.1, -0.05) is 13.3 Å². The van der Waals surface area contributed by atoms with Crippen molar-refractivity contribution in [1.29, 1.82) is 0 Å². The molecule has 1 spiro atoms. The Morgan fingerprint density at radius 1 is 1.17 bits per heavy atom. The molecule has 5 heteroatoms. The summed E-state index contributed by atoms with van der Waals surface area (Å²) in [7, 11) is 0. The molecule has 2 fully saturated rings. The number of ether oxygens (including phenoxy) is 2. The Morgan fingerprint density at radius 3 is 2.43 bits per heavy atom. The summed E-state index contributed by atoms with van der Waals surface area (Å²) in [5, 5.41) is 2.95. The molecule has 0 bridgehead atoms. The summed E-state index contributed by atoms with van der Waals surface area (Å²) in [5.41, 5.74) is 2.05. The minimum atomic E-state index is -0.330. The first-order chi connectivity index (χ1) is 11.2. The van der Waals surface area contributed by atoms with Crippen molar-refractivity contribution in [1.82, 2.24) is 0 Å². The van der Waals surface area contributed by atoms with Gasteiger partial charge in [-0.05, 0) is 30.7 Å². The number of amides is 1. The zero-order valence-electron chi connectivity index (χ0n) is 13.8. The molecule has 3 rings (SSSR count). The number of anilines is 2. The SMILES string of the molecule is CCCCC(=O)Nc1ccc(N2CCC3(CC2)OCCO3)cc1. The number of piperidine rings is 1. The Balaban J connectivity index is 1.52. The highest BCUT2D eigenvalue weighted by Crippen LogP contribution is 2.33. The summed E-state index contributed by atoms with van der Waals surface area (Å²) < 4.78 is 11.5. The maximum Gasteiger partial charge on any atom is 0.224 e. The molecule has 0 atom stereocenters. The summed E-state index contributed by atoms with van der Waals surface area (Å²) >= 11 is 0. The maximum atomic E-state index is 11.8. The first-order valence-corrected chi connectivity index (χ1v) is 8.63. The molecule has 0 radical (unpaired) electrons. The number of hydrogen-bond acceptors (Lipinski definition) is 4. The number of carbonyl (C=O) groups excluding carboxylic acids is 1. The van der Waals surface area contributed by atoms with E-state index in [1.54, 1.807) is 0 Å². The van der Waals surface area contributed by atoms with Crippen LogP contribution in [0, 0.1) is 0 Å². The molecule has 1 amide bonds. The molecule has 126 valence electrons. The molecular weight excluding hydrogens is 292 g/mol. The fourth-order valence-corrected chi connectivity index (χ4v) is 3.21. The first-order valence-electron chi connectivity index (χ1n) is 8.63. The smallest absolute Gasteiger partial charge is 0.224 e. The lowest BCUT2D eigenvalue weighted by Gasteiger charge is -2.38. The number of benzene rings is 1. The van der Waals surface area contributed by atoms with Gasteiger partial charge in [0.15, 0.2) is 5.79 Å². The number of rotatable bonds is 5. The average Bonchev–Trinajstić information content (AvgIpc) is 3.03. The molecule has 2 heterocycles. The zero-order valence-corrected chi connectivity index (χ0v) is 13.8. The van der Waals surface area contributed by atoms with Crippen LogP contribution in [0.4, 0.5) is 11.4 Å². The largest absolute Gasteiger partial charge is 0.371 e. The van der Waals surface area contributed by atoms with E-state index in [2.05, 4.69) is 29.3 Å². The van der Waals surface area contributed by atoms with Crippen molar-refractivity contribution >= 4 is 17.3 Å². The van der Waals surface area contributed by atoms with E-state index < -0.39 is 0 Å². The Hall–Kier alpha value is -1.59. The van der Waals surface area contributed by atoms with Crippen molar-refractivity contribution in [3.8, 4) is 0 Å². The maximum absolute atomic E-state index is 11.8. The van der Waals surface area contributed by atoms with Crippen LogP contribution in [0.15, 0.2) is 24.3 Å². The van der Waals surface area contributed by atoms with E-state index in [1.165, 1.54) is 5.69 Å². The molecule has 23 heavy (non-hydrogen) atoms. The van der Waals surface area contributed by atoms with Gasteiger partial charge in [0, 0.05) is 43.7 Å². The summed E-state index contributed by atoms with van der Waals surface area (Å²) in [5.74, 6) is -0.237. The number of nitrogens with zero attached hydrogens (tertiary/aromatic N) is 1. The molecule has 2 aliphatic rings. The third kappa shape index (κ3) is 4.03. The molecule has 0 unspecified atom stereocenters. The van der Waals surface area contributed by atoms with Gasteiger partial charge in [-0.25, -0.2) is 0 Å². The molecule has 0 saturated carbocycles. The van der Waals surface area contributed by atoms with E-state index in [9.17, 15) is 4.79 Å². The van der Waals surface area contributed by atoms with Crippen LogP contribution in [0.5, 0.6) is 0 Å². The third-order valence-corrected chi connectivity index (χ3v) is 4.61. The van der Waals surface area contributed by atoms with E-state index in [4.69, 9.17) is 9.47 Å². The molecule has 0 aromatic heterocycles. The van der Waals surface area contributed by atoms with Gasteiger partial charge >= 0.3 is 0 Å². The lowest BCUT2D eigenvalue weighted by Crippen LogP contribution is -2.45. The molecule has 1 aromatic carbocycles. The molecular formula is C18H26N2O3. The van der Waals surface area contributed by atoms with Crippen LogP contribution in [0.3, 0.4) is 0 Å².